The molecule has 0 spiro atoms. The Balaban J connectivity index is 1.92. The number of methoxy groups -OCH3 is 1. The third kappa shape index (κ3) is 5.66. The Morgan fingerprint density at radius 2 is 1.92 bits per heavy atom. The van der Waals surface area contributed by atoms with Gasteiger partial charge in [0.25, 0.3) is 5.91 Å². The summed E-state index contributed by atoms with van der Waals surface area (Å²) in [5.74, 6) is -0.352. The Morgan fingerprint density at radius 3 is 2.60 bits per heavy atom. The van der Waals surface area contributed by atoms with Crippen molar-refractivity contribution in [2.75, 3.05) is 12.4 Å². The minimum Gasteiger partial charge on any atom is -0.497 e. The molecule has 0 aromatic heterocycles. The molecule has 0 aliphatic rings. The first-order chi connectivity index (χ1) is 11.9. The van der Waals surface area contributed by atoms with Gasteiger partial charge in [-0.05, 0) is 42.8 Å². The van der Waals surface area contributed by atoms with Crippen LogP contribution in [0, 0.1) is 0 Å². The summed E-state index contributed by atoms with van der Waals surface area (Å²) >= 11 is 11.8. The maximum atomic E-state index is 12.1. The fourth-order valence-electron chi connectivity index (χ4n) is 2.07. The first-order valence-corrected chi connectivity index (χ1v) is 8.23. The lowest BCUT2D eigenvalue weighted by Crippen LogP contribution is -2.30. The van der Waals surface area contributed by atoms with Crippen LogP contribution in [-0.2, 0) is 20.7 Å². The van der Waals surface area contributed by atoms with Crippen LogP contribution in [0.3, 0.4) is 0 Å². The Kier molecular flexibility index (Phi) is 6.67. The summed E-state index contributed by atoms with van der Waals surface area (Å²) in [5.41, 5.74) is 1.13. The zero-order valence-corrected chi connectivity index (χ0v) is 15.2. The van der Waals surface area contributed by atoms with Crippen molar-refractivity contribution in [2.45, 2.75) is 19.4 Å². The number of hydrogen-bond donors (Lipinski definition) is 1. The molecule has 0 saturated carbocycles. The molecule has 1 N–H and O–H groups in total. The van der Waals surface area contributed by atoms with E-state index in [0.717, 1.165) is 5.56 Å². The smallest absolute Gasteiger partial charge is 0.311 e. The predicted molar refractivity (Wildman–Crippen MR) is 97.3 cm³/mol. The van der Waals surface area contributed by atoms with Crippen LogP contribution in [0.5, 0.6) is 5.75 Å². The van der Waals surface area contributed by atoms with Gasteiger partial charge in [0.1, 0.15) is 5.75 Å². The van der Waals surface area contributed by atoms with Crippen molar-refractivity contribution < 1.29 is 19.1 Å². The molecule has 0 radical (unpaired) electrons. The SMILES string of the molecule is COc1cccc(CC(=O)O[C@H](C)C(=O)Nc2ccc(Cl)cc2Cl)c1. The quantitative estimate of drug-likeness (QED) is 0.764. The number of amides is 1. The molecule has 2 rings (SSSR count). The average molecular weight is 382 g/mol. The van der Waals surface area contributed by atoms with E-state index in [0.29, 0.717) is 21.5 Å². The molecule has 1 amide bonds. The van der Waals surface area contributed by atoms with E-state index in [1.165, 1.54) is 13.0 Å². The van der Waals surface area contributed by atoms with E-state index in [-0.39, 0.29) is 6.42 Å². The number of ether oxygens (including phenoxy) is 2. The second kappa shape index (κ2) is 8.74. The average Bonchev–Trinajstić information content (AvgIpc) is 2.57. The molecule has 0 aliphatic carbocycles. The highest BCUT2D eigenvalue weighted by atomic mass is 35.5. The maximum absolute atomic E-state index is 12.1. The van der Waals surface area contributed by atoms with Crippen LogP contribution in [0.1, 0.15) is 12.5 Å². The number of anilines is 1. The molecule has 5 nitrogen and oxygen atoms in total. The number of carbonyl (C=O) groups is 2. The first kappa shape index (κ1) is 19.1. The summed E-state index contributed by atoms with van der Waals surface area (Å²) in [4.78, 5) is 24.1. The maximum Gasteiger partial charge on any atom is 0.311 e. The van der Waals surface area contributed by atoms with Gasteiger partial charge in [0, 0.05) is 5.02 Å². The van der Waals surface area contributed by atoms with Crippen LogP contribution >= 0.6 is 23.2 Å². The van der Waals surface area contributed by atoms with Crippen molar-refractivity contribution in [3.63, 3.8) is 0 Å². The highest BCUT2D eigenvalue weighted by molar-refractivity contribution is 6.36. The van der Waals surface area contributed by atoms with Crippen LogP contribution in [0.15, 0.2) is 42.5 Å². The van der Waals surface area contributed by atoms with Crippen LogP contribution in [0.2, 0.25) is 10.0 Å². The van der Waals surface area contributed by atoms with Crippen molar-refractivity contribution in [1.29, 1.82) is 0 Å². The topological polar surface area (TPSA) is 64.6 Å². The van der Waals surface area contributed by atoms with Crippen molar-refractivity contribution in [2.24, 2.45) is 0 Å². The Morgan fingerprint density at radius 1 is 1.16 bits per heavy atom. The zero-order chi connectivity index (χ0) is 18.4. The number of benzene rings is 2. The highest BCUT2D eigenvalue weighted by Crippen LogP contribution is 2.25. The third-order valence-corrected chi connectivity index (χ3v) is 3.90. The van der Waals surface area contributed by atoms with Gasteiger partial charge in [-0.1, -0.05) is 35.3 Å². The number of carbonyl (C=O) groups excluding carboxylic acids is 2. The normalized spacial score (nSPS) is 11.5. The number of nitrogens with one attached hydrogen (secondary N) is 1. The summed E-state index contributed by atoms with van der Waals surface area (Å²) in [5, 5.41) is 3.36. The second-order valence-electron chi connectivity index (χ2n) is 5.27. The highest BCUT2D eigenvalue weighted by Gasteiger charge is 2.19. The van der Waals surface area contributed by atoms with E-state index in [2.05, 4.69) is 5.32 Å². The van der Waals surface area contributed by atoms with E-state index in [1.807, 2.05) is 0 Å². The zero-order valence-electron chi connectivity index (χ0n) is 13.7. The Labute approximate surface area is 155 Å². The minimum absolute atomic E-state index is 0.0382. The van der Waals surface area contributed by atoms with Crippen LogP contribution in [0.25, 0.3) is 0 Å². The Bertz CT molecular complexity index is 779. The molecule has 0 heterocycles. The predicted octanol–water partition coefficient (Wildman–Crippen LogP) is 4.11. The van der Waals surface area contributed by atoms with Gasteiger partial charge in [0.15, 0.2) is 6.10 Å². The molecule has 0 bridgehead atoms. The molecule has 2 aromatic rings. The van der Waals surface area contributed by atoms with Crippen molar-refractivity contribution >= 4 is 40.8 Å². The van der Waals surface area contributed by atoms with Crippen molar-refractivity contribution in [3.05, 3.63) is 58.1 Å². The molecule has 0 aliphatic heterocycles. The molecule has 7 heteroatoms. The fourth-order valence-corrected chi connectivity index (χ4v) is 2.52. The Hall–Kier alpha value is -2.24. The standard InChI is InChI=1S/C18H17Cl2NO4/c1-11(18(23)21-16-7-6-13(19)10-15(16)20)25-17(22)9-12-4-3-5-14(8-12)24-2/h3-8,10-11H,9H2,1-2H3,(H,21,23)/t11-/m1/s1. The van der Waals surface area contributed by atoms with Gasteiger partial charge in [-0.2, -0.15) is 0 Å². The van der Waals surface area contributed by atoms with E-state index < -0.39 is 18.0 Å². The molecular weight excluding hydrogens is 365 g/mol. The monoisotopic (exact) mass is 381 g/mol. The lowest BCUT2D eigenvalue weighted by atomic mass is 10.1. The summed E-state index contributed by atoms with van der Waals surface area (Å²) in [6, 6.07) is 11.8. The van der Waals surface area contributed by atoms with Crippen LogP contribution in [0.4, 0.5) is 5.69 Å². The number of esters is 1. The molecule has 1 atom stereocenters. The van der Waals surface area contributed by atoms with E-state index >= 15 is 0 Å². The summed E-state index contributed by atoms with van der Waals surface area (Å²) in [6.45, 7) is 1.49. The van der Waals surface area contributed by atoms with Crippen molar-refractivity contribution in [1.82, 2.24) is 0 Å². The van der Waals surface area contributed by atoms with E-state index in [4.69, 9.17) is 32.7 Å². The third-order valence-electron chi connectivity index (χ3n) is 3.35. The lowest BCUT2D eigenvalue weighted by molar-refractivity contribution is -0.152. The first-order valence-electron chi connectivity index (χ1n) is 7.47. The largest absolute Gasteiger partial charge is 0.497 e. The van der Waals surface area contributed by atoms with Crippen LogP contribution in [-0.4, -0.2) is 25.1 Å². The van der Waals surface area contributed by atoms with Gasteiger partial charge >= 0.3 is 5.97 Å². The minimum atomic E-state index is -0.968. The lowest BCUT2D eigenvalue weighted by Gasteiger charge is -2.14. The van der Waals surface area contributed by atoms with Gasteiger partial charge in [0.2, 0.25) is 0 Å². The fraction of sp³-hybridized carbons (Fsp3) is 0.222. The summed E-state index contributed by atoms with van der Waals surface area (Å²) in [6.07, 6.45) is -0.930. The van der Waals surface area contributed by atoms with Gasteiger partial charge < -0.3 is 14.8 Å². The molecule has 132 valence electrons. The molecular formula is C18H17Cl2NO4. The van der Waals surface area contributed by atoms with Gasteiger partial charge in [0.05, 0.1) is 24.2 Å². The molecule has 25 heavy (non-hydrogen) atoms. The number of halogens is 2. The second-order valence-corrected chi connectivity index (χ2v) is 6.12. The van der Waals surface area contributed by atoms with E-state index in [9.17, 15) is 9.59 Å². The van der Waals surface area contributed by atoms with Gasteiger partial charge in [-0.25, -0.2) is 0 Å². The number of hydrogen-bond acceptors (Lipinski definition) is 4. The molecule has 0 fully saturated rings. The van der Waals surface area contributed by atoms with Gasteiger partial charge in [-0.15, -0.1) is 0 Å². The molecule has 0 unspecified atom stereocenters. The summed E-state index contributed by atoms with van der Waals surface area (Å²) in [7, 11) is 1.55. The molecule has 0 saturated heterocycles. The molecule has 2 aromatic carbocycles. The van der Waals surface area contributed by atoms with E-state index in [1.54, 1.807) is 43.5 Å². The summed E-state index contributed by atoms with van der Waals surface area (Å²) < 4.78 is 10.3. The van der Waals surface area contributed by atoms with Gasteiger partial charge in [-0.3, -0.25) is 9.59 Å². The number of rotatable bonds is 6. The van der Waals surface area contributed by atoms with Crippen molar-refractivity contribution in [3.8, 4) is 5.75 Å². The van der Waals surface area contributed by atoms with Crippen LogP contribution < -0.4 is 10.1 Å².